The first-order valence-electron chi connectivity index (χ1n) is 8.27. The highest BCUT2D eigenvalue weighted by atomic mass is 19.4. The van der Waals surface area contributed by atoms with Crippen LogP contribution >= 0.6 is 0 Å². The van der Waals surface area contributed by atoms with Crippen LogP contribution in [-0.4, -0.2) is 84.9 Å². The molecule has 0 saturated carbocycles. The molecule has 20 heteroatoms. The Morgan fingerprint density at radius 3 is 1.54 bits per heavy atom. The Balaban J connectivity index is 5.93. The van der Waals surface area contributed by atoms with Gasteiger partial charge in [-0.25, -0.2) is 13.6 Å². The molecule has 0 saturated heterocycles. The fourth-order valence-corrected chi connectivity index (χ4v) is 1.87. The molecule has 0 rings (SSSR count). The molecular weight excluding hydrogens is 548 g/mol. The zero-order chi connectivity index (χ0) is 28.5. The van der Waals surface area contributed by atoms with E-state index in [1.165, 1.54) is 0 Å². The lowest BCUT2D eigenvalue weighted by atomic mass is 9.89. The monoisotopic (exact) mass is 560 g/mol. The maximum absolute atomic E-state index is 13.6. The maximum Gasteiger partial charge on any atom is 0.384 e. The van der Waals surface area contributed by atoms with Gasteiger partial charge in [0.25, 0.3) is 0 Å². The minimum absolute atomic E-state index is 0.515. The Bertz CT molecular complexity index is 751. The summed E-state index contributed by atoms with van der Waals surface area (Å²) in [6.07, 6.45) is -7.55. The minimum atomic E-state index is -8.49. The van der Waals surface area contributed by atoms with Crippen LogP contribution in [0.3, 0.4) is 0 Å². The van der Waals surface area contributed by atoms with E-state index in [9.17, 15) is 75.0 Å². The Hall–Kier alpha value is -1.99. The molecule has 208 valence electrons. The standard InChI is InChI=1S/C15H12F16O4/c1-2-7(33)35-4-6(32)3-34-5-9(18,19)11(22,23)13(26,27)15(30,31)14(28,29)12(24,25)10(20,21)8(16)17/h2,6,8,32H,1,3-5H2. The lowest BCUT2D eigenvalue weighted by Crippen LogP contribution is -2.74. The number of esters is 1. The Kier molecular flexibility index (Phi) is 9.59. The quantitative estimate of drug-likeness (QED) is 0.189. The second kappa shape index (κ2) is 10.2. The van der Waals surface area contributed by atoms with Gasteiger partial charge < -0.3 is 14.6 Å². The van der Waals surface area contributed by atoms with Gasteiger partial charge in [-0.15, -0.1) is 0 Å². The number of hydrogen-bond acceptors (Lipinski definition) is 4. The summed E-state index contributed by atoms with van der Waals surface area (Å²) < 4.78 is 218. The lowest BCUT2D eigenvalue weighted by molar-refractivity contribution is -0.448. The highest BCUT2D eigenvalue weighted by Crippen LogP contribution is 2.62. The van der Waals surface area contributed by atoms with Crippen LogP contribution in [0, 0.1) is 0 Å². The third-order valence-electron chi connectivity index (χ3n) is 3.91. The maximum atomic E-state index is 13.6. The molecule has 0 aliphatic carbocycles. The highest BCUT2D eigenvalue weighted by Gasteiger charge is 2.93. The lowest BCUT2D eigenvalue weighted by Gasteiger charge is -2.42. The topological polar surface area (TPSA) is 55.8 Å². The smallest absolute Gasteiger partial charge is 0.384 e. The number of aliphatic hydroxyl groups excluding tert-OH is 1. The molecule has 35 heavy (non-hydrogen) atoms. The molecular formula is C15H12F16O4. The van der Waals surface area contributed by atoms with Gasteiger partial charge in [-0.2, -0.15) is 61.5 Å². The first-order valence-corrected chi connectivity index (χ1v) is 8.27. The fraction of sp³-hybridized carbons (Fsp3) is 0.800. The van der Waals surface area contributed by atoms with E-state index in [2.05, 4.69) is 16.1 Å². The van der Waals surface area contributed by atoms with Crippen molar-refractivity contribution in [3.8, 4) is 0 Å². The molecule has 0 fully saturated rings. The molecule has 0 radical (unpaired) electrons. The number of ether oxygens (including phenoxy) is 2. The van der Waals surface area contributed by atoms with Crippen molar-refractivity contribution in [3.05, 3.63) is 12.7 Å². The molecule has 1 N–H and O–H groups in total. The van der Waals surface area contributed by atoms with Gasteiger partial charge in [0, 0.05) is 6.08 Å². The number of rotatable bonds is 14. The molecule has 1 unspecified atom stereocenters. The number of halogens is 16. The Morgan fingerprint density at radius 1 is 0.743 bits per heavy atom. The largest absolute Gasteiger partial charge is 0.460 e. The second-order valence-electron chi connectivity index (χ2n) is 6.50. The summed E-state index contributed by atoms with van der Waals surface area (Å²) in [5.41, 5.74) is 0. The molecule has 0 heterocycles. The number of alkyl halides is 16. The number of carbonyl (C=O) groups is 1. The molecule has 0 aliphatic heterocycles. The van der Waals surface area contributed by atoms with E-state index in [0.29, 0.717) is 6.08 Å². The second-order valence-corrected chi connectivity index (χ2v) is 6.50. The van der Waals surface area contributed by atoms with Gasteiger partial charge in [0.05, 0.1) is 6.61 Å². The molecule has 0 bridgehead atoms. The number of aliphatic hydroxyl groups is 1. The summed E-state index contributed by atoms with van der Waals surface area (Å²) in [7, 11) is 0. The third-order valence-corrected chi connectivity index (χ3v) is 3.91. The fourth-order valence-electron chi connectivity index (χ4n) is 1.87. The van der Waals surface area contributed by atoms with E-state index in [1.54, 1.807) is 0 Å². The van der Waals surface area contributed by atoms with Crippen LogP contribution in [0.4, 0.5) is 70.2 Å². The van der Waals surface area contributed by atoms with Crippen molar-refractivity contribution < 1.29 is 89.6 Å². The molecule has 0 aliphatic rings. The SMILES string of the molecule is C=CC(=O)OCC(O)COCC(F)(F)C(F)(F)C(F)(F)C(F)(F)C(F)(F)C(F)(F)C(F)(F)C(F)F. The zero-order valence-corrected chi connectivity index (χ0v) is 16.3. The van der Waals surface area contributed by atoms with E-state index >= 15 is 0 Å². The molecule has 0 aromatic rings. The first kappa shape index (κ1) is 33.0. The summed E-state index contributed by atoms with van der Waals surface area (Å²) in [4.78, 5) is 10.7. The minimum Gasteiger partial charge on any atom is -0.460 e. The van der Waals surface area contributed by atoms with Gasteiger partial charge in [-0.3, -0.25) is 0 Å². The molecule has 4 nitrogen and oxygen atoms in total. The Labute approximate surface area is 183 Å². The average molecular weight is 560 g/mol. The predicted molar refractivity (Wildman–Crippen MR) is 78.6 cm³/mol. The van der Waals surface area contributed by atoms with Gasteiger partial charge in [0.2, 0.25) is 0 Å². The van der Waals surface area contributed by atoms with Crippen LogP contribution in [0.1, 0.15) is 0 Å². The van der Waals surface area contributed by atoms with Gasteiger partial charge >= 0.3 is 53.9 Å². The summed E-state index contributed by atoms with van der Waals surface area (Å²) in [5, 5.41) is 9.15. The van der Waals surface area contributed by atoms with Gasteiger partial charge in [-0.05, 0) is 0 Å². The van der Waals surface area contributed by atoms with Crippen molar-refractivity contribution in [2.45, 2.75) is 54.0 Å². The van der Waals surface area contributed by atoms with Crippen LogP contribution in [0.2, 0.25) is 0 Å². The molecule has 0 aromatic carbocycles. The molecule has 0 amide bonds. The van der Waals surface area contributed by atoms with Crippen molar-refractivity contribution in [3.63, 3.8) is 0 Å². The van der Waals surface area contributed by atoms with Crippen LogP contribution < -0.4 is 0 Å². The molecule has 1 atom stereocenters. The van der Waals surface area contributed by atoms with E-state index in [-0.39, 0.29) is 0 Å². The third kappa shape index (κ3) is 5.56. The van der Waals surface area contributed by atoms with Crippen molar-refractivity contribution in [2.24, 2.45) is 0 Å². The van der Waals surface area contributed by atoms with Crippen molar-refractivity contribution in [2.75, 3.05) is 19.8 Å². The summed E-state index contributed by atoms with van der Waals surface area (Å²) >= 11 is 0. The average Bonchev–Trinajstić information content (AvgIpc) is 2.70. The number of hydrogen-bond donors (Lipinski definition) is 1. The van der Waals surface area contributed by atoms with Crippen molar-refractivity contribution in [1.82, 2.24) is 0 Å². The zero-order valence-electron chi connectivity index (χ0n) is 16.3. The van der Waals surface area contributed by atoms with Gasteiger partial charge in [0.1, 0.15) is 19.3 Å². The molecule has 0 aromatic heterocycles. The first-order chi connectivity index (χ1) is 15.3. The summed E-state index contributed by atoms with van der Waals surface area (Å²) in [5.74, 6) is -56.6. The summed E-state index contributed by atoms with van der Waals surface area (Å²) in [6, 6.07) is 0. The summed E-state index contributed by atoms with van der Waals surface area (Å²) in [6.45, 7) is -2.91. The highest BCUT2D eigenvalue weighted by molar-refractivity contribution is 5.81. The predicted octanol–water partition coefficient (Wildman–Crippen LogP) is 4.81. The van der Waals surface area contributed by atoms with Crippen molar-refractivity contribution in [1.29, 1.82) is 0 Å². The van der Waals surface area contributed by atoms with Crippen molar-refractivity contribution >= 4 is 5.97 Å². The van der Waals surface area contributed by atoms with E-state index in [4.69, 9.17) is 5.11 Å². The van der Waals surface area contributed by atoms with Gasteiger partial charge in [-0.1, -0.05) is 6.58 Å². The van der Waals surface area contributed by atoms with Crippen LogP contribution in [-0.2, 0) is 14.3 Å². The van der Waals surface area contributed by atoms with Crippen LogP contribution in [0.15, 0.2) is 12.7 Å². The normalized spacial score (nSPS) is 15.8. The van der Waals surface area contributed by atoms with E-state index in [1.807, 2.05) is 0 Å². The van der Waals surface area contributed by atoms with Gasteiger partial charge in [0.15, 0.2) is 0 Å². The van der Waals surface area contributed by atoms with E-state index in [0.717, 1.165) is 0 Å². The number of carbonyl (C=O) groups excluding carboxylic acids is 1. The van der Waals surface area contributed by atoms with E-state index < -0.39 is 79.8 Å². The van der Waals surface area contributed by atoms with Crippen LogP contribution in [0.5, 0.6) is 0 Å². The Morgan fingerprint density at radius 2 is 1.14 bits per heavy atom. The molecule has 0 spiro atoms. The van der Waals surface area contributed by atoms with Crippen LogP contribution in [0.25, 0.3) is 0 Å².